The number of fused-ring (bicyclic) bond motifs is 5. The highest BCUT2D eigenvalue weighted by atomic mass is 14.6. The molecule has 0 heterocycles. The van der Waals surface area contributed by atoms with Gasteiger partial charge >= 0.3 is 0 Å². The van der Waals surface area contributed by atoms with Gasteiger partial charge < -0.3 is 0 Å². The highest BCUT2D eigenvalue weighted by Crippen LogP contribution is 2.67. The monoisotopic (exact) mass is 384 g/mol. The minimum Gasteiger partial charge on any atom is -0.0996 e. The molecule has 0 radical (unpaired) electrons. The lowest BCUT2D eigenvalue weighted by Crippen LogP contribution is -2.55. The van der Waals surface area contributed by atoms with Crippen molar-refractivity contribution < 1.29 is 0 Å². The third-order valence-corrected chi connectivity index (χ3v) is 10.7. The molecule has 4 aliphatic carbocycles. The minimum atomic E-state index is 0.554. The smallest absolute Gasteiger partial charge is 0.0149 e. The van der Waals surface area contributed by atoms with Crippen LogP contribution in [0.25, 0.3) is 0 Å². The van der Waals surface area contributed by atoms with Gasteiger partial charge in [-0.05, 0) is 110 Å². The first-order chi connectivity index (χ1) is 13.2. The van der Waals surface area contributed by atoms with Gasteiger partial charge in [-0.25, -0.2) is 0 Å². The summed E-state index contributed by atoms with van der Waals surface area (Å²) in [6.07, 6.45) is 18.9. The second-order valence-electron chi connectivity index (χ2n) is 12.8. The van der Waals surface area contributed by atoms with E-state index in [-0.39, 0.29) is 0 Å². The van der Waals surface area contributed by atoms with E-state index in [9.17, 15) is 0 Å². The number of hydrogen-bond acceptors (Lipinski definition) is 0. The van der Waals surface area contributed by atoms with Crippen molar-refractivity contribution >= 4 is 0 Å². The molecule has 0 aromatic carbocycles. The second-order valence-corrected chi connectivity index (χ2v) is 12.8. The van der Waals surface area contributed by atoms with E-state index in [0.29, 0.717) is 16.2 Å². The van der Waals surface area contributed by atoms with E-state index in [1.165, 1.54) is 83.5 Å². The molecule has 4 rings (SSSR count). The largest absolute Gasteiger partial charge is 0.0996 e. The third-order valence-electron chi connectivity index (χ3n) is 10.7. The maximum atomic E-state index is 4.62. The Labute approximate surface area is 176 Å². The summed E-state index contributed by atoms with van der Waals surface area (Å²) in [6, 6.07) is 0. The lowest BCUT2D eigenvalue weighted by molar-refractivity contribution is -0.129. The molecule has 0 aliphatic heterocycles. The molecule has 0 heteroatoms. The molecule has 7 unspecified atom stereocenters. The third kappa shape index (κ3) is 3.33. The van der Waals surface area contributed by atoms with Crippen molar-refractivity contribution in [1.29, 1.82) is 0 Å². The average Bonchev–Trinajstić information content (AvgIpc) is 2.75. The molecule has 0 aromatic heterocycles. The van der Waals surface area contributed by atoms with Gasteiger partial charge in [-0.3, -0.25) is 0 Å². The summed E-state index contributed by atoms with van der Waals surface area (Å²) in [5, 5.41) is 0. The molecule has 0 saturated heterocycles. The van der Waals surface area contributed by atoms with Crippen molar-refractivity contribution in [3.63, 3.8) is 0 Å². The van der Waals surface area contributed by atoms with Crippen LogP contribution in [-0.4, -0.2) is 0 Å². The second kappa shape index (κ2) is 7.46. The molecule has 4 fully saturated rings. The summed E-state index contributed by atoms with van der Waals surface area (Å²) >= 11 is 0. The summed E-state index contributed by atoms with van der Waals surface area (Å²) in [7, 11) is 0. The van der Waals surface area contributed by atoms with E-state index in [4.69, 9.17) is 0 Å². The zero-order valence-electron chi connectivity index (χ0n) is 19.8. The van der Waals surface area contributed by atoms with Crippen LogP contribution in [0.3, 0.4) is 0 Å². The van der Waals surface area contributed by atoms with E-state index in [0.717, 1.165) is 29.6 Å². The van der Waals surface area contributed by atoms with E-state index in [1.54, 1.807) is 5.57 Å². The molecular weight excluding hydrogens is 336 g/mol. The first-order valence-electron chi connectivity index (χ1n) is 12.9. The fourth-order valence-corrected chi connectivity index (χ4v) is 9.34. The Hall–Kier alpha value is -0.260. The van der Waals surface area contributed by atoms with Crippen LogP contribution < -0.4 is 0 Å². The molecule has 28 heavy (non-hydrogen) atoms. The quantitative estimate of drug-likeness (QED) is 0.426. The Kier molecular flexibility index (Phi) is 5.59. The topological polar surface area (TPSA) is 0 Å². The van der Waals surface area contributed by atoms with Gasteiger partial charge in [0.25, 0.3) is 0 Å². The predicted molar refractivity (Wildman–Crippen MR) is 122 cm³/mol. The molecule has 0 N–H and O–H groups in total. The highest BCUT2D eigenvalue weighted by Gasteiger charge is 2.58. The summed E-state index contributed by atoms with van der Waals surface area (Å²) in [5.41, 5.74) is 3.36. The Balaban J connectivity index is 1.60. The van der Waals surface area contributed by atoms with Gasteiger partial charge in [0.2, 0.25) is 0 Å². The number of allylic oxidation sites excluding steroid dienone is 1. The van der Waals surface area contributed by atoms with E-state index in [1.807, 2.05) is 0 Å². The van der Waals surface area contributed by atoms with Crippen LogP contribution in [-0.2, 0) is 0 Å². The molecule has 0 spiro atoms. The van der Waals surface area contributed by atoms with Crippen molar-refractivity contribution in [3.05, 3.63) is 12.2 Å². The SMILES string of the molecule is C=C(CCC)C1CCCC2C3CCC4CC(C)(C)CCCC4(C)C3CCC12C. The normalized spacial score (nSPS) is 48.0. The van der Waals surface area contributed by atoms with Crippen LogP contribution in [0.15, 0.2) is 12.2 Å². The molecule has 0 bridgehead atoms. The van der Waals surface area contributed by atoms with Gasteiger partial charge in [0.05, 0.1) is 0 Å². The first kappa shape index (κ1) is 21.0. The lowest BCUT2D eigenvalue weighted by Gasteiger charge is -2.63. The van der Waals surface area contributed by atoms with Gasteiger partial charge in [0.15, 0.2) is 0 Å². The van der Waals surface area contributed by atoms with Crippen LogP contribution in [0.2, 0.25) is 0 Å². The molecule has 0 aromatic rings. The maximum Gasteiger partial charge on any atom is -0.0149 e. The van der Waals surface area contributed by atoms with Gasteiger partial charge in [0.1, 0.15) is 0 Å². The standard InChI is InChI=1S/C28H48/c1-7-10-20(2)23-11-8-12-24-22-14-13-21-19-26(3,4)16-9-17-27(21,5)25(22)15-18-28(23,24)6/h21-25H,2,7-19H2,1,3-6H3. The Morgan fingerprint density at radius 1 is 0.821 bits per heavy atom. The van der Waals surface area contributed by atoms with Crippen LogP contribution >= 0.6 is 0 Å². The zero-order valence-corrected chi connectivity index (χ0v) is 19.8. The van der Waals surface area contributed by atoms with Crippen LogP contribution in [0.1, 0.15) is 118 Å². The van der Waals surface area contributed by atoms with Crippen LogP contribution in [0, 0.1) is 45.8 Å². The van der Waals surface area contributed by atoms with Gasteiger partial charge in [-0.2, -0.15) is 0 Å². The van der Waals surface area contributed by atoms with Crippen molar-refractivity contribution in [3.8, 4) is 0 Å². The average molecular weight is 385 g/mol. The van der Waals surface area contributed by atoms with Gasteiger partial charge in [-0.15, -0.1) is 0 Å². The molecule has 4 saturated carbocycles. The summed E-state index contributed by atoms with van der Waals surface area (Å²) in [4.78, 5) is 0. The summed E-state index contributed by atoms with van der Waals surface area (Å²) in [5.74, 6) is 4.80. The maximum absolute atomic E-state index is 4.62. The van der Waals surface area contributed by atoms with E-state index >= 15 is 0 Å². The van der Waals surface area contributed by atoms with Crippen molar-refractivity contribution in [2.24, 2.45) is 45.8 Å². The van der Waals surface area contributed by atoms with Crippen molar-refractivity contribution in [1.82, 2.24) is 0 Å². The Morgan fingerprint density at radius 2 is 1.57 bits per heavy atom. The fourth-order valence-electron chi connectivity index (χ4n) is 9.34. The molecule has 0 nitrogen and oxygen atoms in total. The molecule has 160 valence electrons. The van der Waals surface area contributed by atoms with E-state index in [2.05, 4.69) is 41.2 Å². The lowest BCUT2D eigenvalue weighted by atomic mass is 9.42. The van der Waals surface area contributed by atoms with Gasteiger partial charge in [-0.1, -0.05) is 66.0 Å². The van der Waals surface area contributed by atoms with Crippen molar-refractivity contribution in [2.45, 2.75) is 118 Å². The van der Waals surface area contributed by atoms with E-state index < -0.39 is 0 Å². The van der Waals surface area contributed by atoms with Crippen molar-refractivity contribution in [2.75, 3.05) is 0 Å². The molecule has 0 amide bonds. The number of rotatable bonds is 3. The highest BCUT2D eigenvalue weighted by molar-refractivity contribution is 5.14. The first-order valence-corrected chi connectivity index (χ1v) is 12.9. The van der Waals surface area contributed by atoms with Crippen LogP contribution in [0.4, 0.5) is 0 Å². The molecule has 7 atom stereocenters. The predicted octanol–water partition coefficient (Wildman–Crippen LogP) is 8.81. The summed E-state index contributed by atoms with van der Waals surface area (Å²) in [6.45, 7) is 17.5. The Bertz CT molecular complexity index is 585. The van der Waals surface area contributed by atoms with Gasteiger partial charge in [0, 0.05) is 0 Å². The summed E-state index contributed by atoms with van der Waals surface area (Å²) < 4.78 is 0. The fraction of sp³-hybridized carbons (Fsp3) is 0.929. The number of hydrogen-bond donors (Lipinski definition) is 0. The van der Waals surface area contributed by atoms with Crippen LogP contribution in [0.5, 0.6) is 0 Å². The Morgan fingerprint density at radius 3 is 2.32 bits per heavy atom. The minimum absolute atomic E-state index is 0.554. The molecule has 4 aliphatic rings. The zero-order chi connectivity index (χ0) is 20.2. The molecular formula is C28H48.